The van der Waals surface area contributed by atoms with E-state index in [4.69, 9.17) is 0 Å². The molecule has 0 aliphatic rings. The van der Waals surface area contributed by atoms with E-state index in [1.165, 1.54) is 0 Å². The predicted octanol–water partition coefficient (Wildman–Crippen LogP) is 6.32. The summed E-state index contributed by atoms with van der Waals surface area (Å²) in [6, 6.07) is 24.7. The Morgan fingerprint density at radius 1 is 0.806 bits per heavy atom. The van der Waals surface area contributed by atoms with Crippen LogP contribution in [0, 0.1) is 20.8 Å². The van der Waals surface area contributed by atoms with E-state index < -0.39 is 10.0 Å². The molecule has 4 nitrogen and oxygen atoms in total. The van der Waals surface area contributed by atoms with E-state index >= 15 is 0 Å². The van der Waals surface area contributed by atoms with Crippen LogP contribution in [0.5, 0.6) is 0 Å². The number of nitrogens with one attached hydrogen (secondary N) is 1. The van der Waals surface area contributed by atoms with Gasteiger partial charge in [0.25, 0.3) is 10.0 Å². The Labute approximate surface area is 183 Å². The molecule has 0 amide bonds. The van der Waals surface area contributed by atoms with E-state index in [9.17, 15) is 8.42 Å². The van der Waals surface area contributed by atoms with Gasteiger partial charge in [-0.2, -0.15) is 0 Å². The number of nitrogens with zero attached hydrogens (tertiary/aromatic N) is 1. The average molecular weight is 429 g/mol. The summed E-state index contributed by atoms with van der Waals surface area (Å²) in [5.74, 6) is 0. The van der Waals surface area contributed by atoms with Gasteiger partial charge in [0.2, 0.25) is 0 Å². The zero-order chi connectivity index (χ0) is 22.0. The van der Waals surface area contributed by atoms with Crippen LogP contribution in [0.2, 0.25) is 0 Å². The van der Waals surface area contributed by atoms with Gasteiger partial charge in [0.05, 0.1) is 16.3 Å². The lowest BCUT2D eigenvalue weighted by molar-refractivity contribution is 0.601. The zero-order valence-electron chi connectivity index (χ0n) is 17.8. The van der Waals surface area contributed by atoms with Crippen LogP contribution in [0.1, 0.15) is 22.3 Å². The Bertz CT molecular complexity index is 1360. The summed E-state index contributed by atoms with van der Waals surface area (Å²) in [6.45, 7) is 5.81. The van der Waals surface area contributed by atoms with Gasteiger partial charge >= 0.3 is 0 Å². The molecule has 0 radical (unpaired) electrons. The van der Waals surface area contributed by atoms with Gasteiger partial charge < -0.3 is 0 Å². The van der Waals surface area contributed by atoms with Crippen molar-refractivity contribution >= 4 is 38.4 Å². The van der Waals surface area contributed by atoms with E-state index in [1.807, 2.05) is 63.4 Å². The molecule has 0 bridgehead atoms. The highest BCUT2D eigenvalue weighted by Crippen LogP contribution is 2.26. The Balaban J connectivity index is 1.57. The minimum atomic E-state index is -3.69. The summed E-state index contributed by atoms with van der Waals surface area (Å²) < 4.78 is 28.5. The second kappa shape index (κ2) is 8.36. The lowest BCUT2D eigenvalue weighted by Gasteiger charge is -2.14. The normalized spacial score (nSPS) is 11.8. The molecule has 4 aromatic rings. The molecular formula is C26H24N2O2S. The lowest BCUT2D eigenvalue weighted by atomic mass is 10.1. The number of aryl methyl sites for hydroxylation is 3. The summed E-state index contributed by atoms with van der Waals surface area (Å²) >= 11 is 0. The number of benzene rings is 4. The smallest absolute Gasteiger partial charge is 0.261 e. The monoisotopic (exact) mass is 428 g/mol. The molecule has 0 heterocycles. The fourth-order valence-electron chi connectivity index (χ4n) is 3.75. The molecule has 0 spiro atoms. The van der Waals surface area contributed by atoms with Crippen LogP contribution in [-0.4, -0.2) is 14.6 Å². The molecule has 31 heavy (non-hydrogen) atoms. The number of sulfonamides is 1. The third kappa shape index (κ3) is 4.52. The van der Waals surface area contributed by atoms with Gasteiger partial charge in [-0.15, -0.1) is 0 Å². The first-order chi connectivity index (χ1) is 14.8. The van der Waals surface area contributed by atoms with Crippen molar-refractivity contribution < 1.29 is 8.42 Å². The number of fused-ring (bicyclic) bond motifs is 1. The van der Waals surface area contributed by atoms with Crippen molar-refractivity contribution in [2.24, 2.45) is 4.99 Å². The van der Waals surface area contributed by atoms with Gasteiger partial charge in [0, 0.05) is 11.8 Å². The second-order valence-electron chi connectivity index (χ2n) is 7.70. The summed E-state index contributed by atoms with van der Waals surface area (Å²) in [4.78, 5) is 4.74. The van der Waals surface area contributed by atoms with E-state index in [0.29, 0.717) is 11.4 Å². The Morgan fingerprint density at radius 2 is 1.45 bits per heavy atom. The van der Waals surface area contributed by atoms with Crippen LogP contribution < -0.4 is 4.72 Å². The number of aliphatic imine (C=N–C) groups is 1. The SMILES string of the molecule is Cc1cc(C)c(NS(=O)(=O)c2ccc(N=Cc3cccc4ccccc34)cc2)c(C)c1. The first kappa shape index (κ1) is 20.8. The minimum absolute atomic E-state index is 0.205. The van der Waals surface area contributed by atoms with Gasteiger partial charge in [-0.3, -0.25) is 9.71 Å². The largest absolute Gasteiger partial charge is 0.279 e. The van der Waals surface area contributed by atoms with Crippen LogP contribution in [0.25, 0.3) is 10.8 Å². The first-order valence-electron chi connectivity index (χ1n) is 10.1. The van der Waals surface area contributed by atoms with Gasteiger partial charge in [-0.1, -0.05) is 60.2 Å². The van der Waals surface area contributed by atoms with Crippen molar-refractivity contribution in [2.75, 3.05) is 4.72 Å². The molecule has 0 aliphatic carbocycles. The quantitative estimate of drug-likeness (QED) is 0.378. The minimum Gasteiger partial charge on any atom is -0.279 e. The van der Waals surface area contributed by atoms with Gasteiger partial charge in [0.15, 0.2) is 0 Å². The molecule has 4 rings (SSSR count). The summed E-state index contributed by atoms with van der Waals surface area (Å²) in [6.07, 6.45) is 1.81. The molecule has 156 valence electrons. The Morgan fingerprint density at radius 3 is 2.16 bits per heavy atom. The first-order valence-corrected chi connectivity index (χ1v) is 11.5. The molecule has 0 saturated carbocycles. The van der Waals surface area contributed by atoms with E-state index in [1.54, 1.807) is 24.3 Å². The van der Waals surface area contributed by atoms with Crippen molar-refractivity contribution in [3.8, 4) is 0 Å². The summed E-state index contributed by atoms with van der Waals surface area (Å²) in [5.41, 5.74) is 5.24. The third-order valence-corrected chi connectivity index (χ3v) is 6.60. The van der Waals surface area contributed by atoms with Crippen molar-refractivity contribution in [3.63, 3.8) is 0 Å². The molecule has 1 N–H and O–H groups in total. The highest BCUT2D eigenvalue weighted by Gasteiger charge is 2.16. The molecule has 5 heteroatoms. The fraction of sp³-hybridized carbons (Fsp3) is 0.115. The predicted molar refractivity (Wildman–Crippen MR) is 129 cm³/mol. The fourth-order valence-corrected chi connectivity index (χ4v) is 4.96. The molecule has 0 atom stereocenters. The van der Waals surface area contributed by atoms with Crippen LogP contribution >= 0.6 is 0 Å². The highest BCUT2D eigenvalue weighted by atomic mass is 32.2. The van der Waals surface area contributed by atoms with Gasteiger partial charge in [0.1, 0.15) is 0 Å². The van der Waals surface area contributed by atoms with Crippen LogP contribution in [-0.2, 0) is 10.0 Å². The van der Waals surface area contributed by atoms with Gasteiger partial charge in [-0.25, -0.2) is 8.42 Å². The highest BCUT2D eigenvalue weighted by molar-refractivity contribution is 7.92. The second-order valence-corrected chi connectivity index (χ2v) is 9.38. The van der Waals surface area contributed by atoms with E-state index in [-0.39, 0.29) is 4.90 Å². The van der Waals surface area contributed by atoms with Crippen molar-refractivity contribution in [2.45, 2.75) is 25.7 Å². The summed E-state index contributed by atoms with van der Waals surface area (Å²) in [5, 5.41) is 2.28. The van der Waals surface area contributed by atoms with Crippen LogP contribution in [0.4, 0.5) is 11.4 Å². The average Bonchev–Trinajstić information content (AvgIpc) is 2.75. The van der Waals surface area contributed by atoms with Crippen LogP contribution in [0.15, 0.2) is 88.8 Å². The Hall–Kier alpha value is -3.44. The summed E-state index contributed by atoms with van der Waals surface area (Å²) in [7, 11) is -3.69. The number of rotatable bonds is 5. The maximum Gasteiger partial charge on any atom is 0.261 e. The third-order valence-electron chi connectivity index (χ3n) is 5.24. The van der Waals surface area contributed by atoms with E-state index in [0.717, 1.165) is 33.0 Å². The molecule has 0 aromatic heterocycles. The van der Waals surface area contributed by atoms with E-state index in [2.05, 4.69) is 27.9 Å². The van der Waals surface area contributed by atoms with Crippen molar-refractivity contribution in [1.82, 2.24) is 0 Å². The number of hydrogen-bond donors (Lipinski definition) is 1. The van der Waals surface area contributed by atoms with Crippen LogP contribution in [0.3, 0.4) is 0 Å². The topological polar surface area (TPSA) is 58.5 Å². The molecule has 0 fully saturated rings. The van der Waals surface area contributed by atoms with Crippen molar-refractivity contribution in [1.29, 1.82) is 0 Å². The molecule has 4 aromatic carbocycles. The standard InChI is InChI=1S/C26H24N2O2S/c1-18-15-19(2)26(20(3)16-18)28-31(29,30)24-13-11-23(12-14-24)27-17-22-9-6-8-21-7-4-5-10-25(21)22/h4-17,28H,1-3H3. The van der Waals surface area contributed by atoms with Crippen molar-refractivity contribution in [3.05, 3.63) is 101 Å². The van der Waals surface area contributed by atoms with Gasteiger partial charge in [-0.05, 0) is 66.9 Å². The number of anilines is 1. The Kier molecular flexibility index (Phi) is 5.61. The molecule has 0 unspecified atom stereocenters. The molecular weight excluding hydrogens is 404 g/mol. The maximum atomic E-state index is 12.9. The molecule has 0 aliphatic heterocycles. The lowest BCUT2D eigenvalue weighted by Crippen LogP contribution is -2.14. The number of hydrogen-bond acceptors (Lipinski definition) is 3. The zero-order valence-corrected chi connectivity index (χ0v) is 18.6. The maximum absolute atomic E-state index is 12.9. The molecule has 0 saturated heterocycles.